The lowest BCUT2D eigenvalue weighted by Gasteiger charge is -2.12. The van der Waals surface area contributed by atoms with Crippen molar-refractivity contribution in [1.29, 1.82) is 0 Å². The van der Waals surface area contributed by atoms with Gasteiger partial charge in [0.1, 0.15) is 0 Å². The van der Waals surface area contributed by atoms with E-state index in [-0.39, 0.29) is 18.3 Å². The quantitative estimate of drug-likeness (QED) is 0.615. The van der Waals surface area contributed by atoms with Crippen molar-refractivity contribution < 1.29 is 18.0 Å². The van der Waals surface area contributed by atoms with Crippen LogP contribution in [0, 0.1) is 0 Å². The van der Waals surface area contributed by atoms with Gasteiger partial charge in [0, 0.05) is 6.54 Å². The fraction of sp³-hybridized carbons (Fsp3) is 0.250. The van der Waals surface area contributed by atoms with Crippen LogP contribution >= 0.6 is 0 Å². The number of aliphatic imine (C=N–C) groups is 2. The number of nitrogens with zero attached hydrogens (tertiary/aromatic N) is 2. The molecular weight excluding hydrogens is 369 g/mol. The van der Waals surface area contributed by atoms with Gasteiger partial charge in [-0.3, -0.25) is 4.79 Å². The third-order valence-corrected chi connectivity index (χ3v) is 4.24. The Morgan fingerprint density at radius 3 is 2.50 bits per heavy atom. The van der Waals surface area contributed by atoms with Crippen molar-refractivity contribution in [1.82, 2.24) is 5.32 Å². The number of carbonyl (C=O) groups excluding carboxylic acids is 1. The van der Waals surface area contributed by atoms with Crippen molar-refractivity contribution >= 4 is 23.8 Å². The summed E-state index contributed by atoms with van der Waals surface area (Å²) in [6.07, 6.45) is -1.73. The number of hydrogen-bond acceptors (Lipinski definition) is 2. The highest BCUT2D eigenvalue weighted by Gasteiger charge is 2.33. The fourth-order valence-corrected chi connectivity index (χ4v) is 2.73. The monoisotopic (exact) mass is 388 g/mol. The molecule has 0 bridgehead atoms. The molecule has 5 nitrogen and oxygen atoms in total. The van der Waals surface area contributed by atoms with Crippen LogP contribution < -0.4 is 11.1 Å². The van der Waals surface area contributed by atoms with Gasteiger partial charge in [-0.25, -0.2) is 9.98 Å². The summed E-state index contributed by atoms with van der Waals surface area (Å²) < 4.78 is 39.5. The number of carbonyl (C=O) groups is 1. The van der Waals surface area contributed by atoms with Gasteiger partial charge in [0.15, 0.2) is 0 Å². The molecule has 0 spiro atoms. The van der Waals surface area contributed by atoms with Crippen LogP contribution in [-0.2, 0) is 17.5 Å². The minimum absolute atomic E-state index is 0.0730. The molecule has 0 radical (unpaired) electrons. The maximum Gasteiger partial charge on any atom is 0.416 e. The van der Waals surface area contributed by atoms with E-state index in [0.29, 0.717) is 16.8 Å². The molecule has 1 aliphatic carbocycles. The number of amides is 1. The largest absolute Gasteiger partial charge is 0.416 e. The van der Waals surface area contributed by atoms with Gasteiger partial charge in [0.25, 0.3) is 5.91 Å². The third kappa shape index (κ3) is 5.18. The highest BCUT2D eigenvalue weighted by Crippen LogP contribution is 2.42. The summed E-state index contributed by atoms with van der Waals surface area (Å²) in [6, 6.07) is 12.6. The molecule has 0 atom stereocenters. The van der Waals surface area contributed by atoms with Crippen LogP contribution in [0.1, 0.15) is 35.4 Å². The summed E-state index contributed by atoms with van der Waals surface area (Å²) in [6.45, 7) is -0.0730. The smallest absolute Gasteiger partial charge is 0.390 e. The van der Waals surface area contributed by atoms with E-state index in [1.165, 1.54) is 6.07 Å². The van der Waals surface area contributed by atoms with Crippen LogP contribution in [0.2, 0.25) is 0 Å². The fourth-order valence-electron chi connectivity index (χ4n) is 2.73. The molecule has 0 heterocycles. The van der Waals surface area contributed by atoms with Crippen molar-refractivity contribution in [3.05, 3.63) is 65.2 Å². The highest BCUT2D eigenvalue weighted by atomic mass is 19.4. The van der Waals surface area contributed by atoms with Gasteiger partial charge >= 0.3 is 6.18 Å². The van der Waals surface area contributed by atoms with E-state index in [2.05, 4.69) is 15.3 Å². The maximum absolute atomic E-state index is 13.2. The Morgan fingerprint density at radius 1 is 1.18 bits per heavy atom. The zero-order valence-electron chi connectivity index (χ0n) is 14.9. The van der Waals surface area contributed by atoms with Crippen LogP contribution in [0.5, 0.6) is 0 Å². The first-order valence-electron chi connectivity index (χ1n) is 8.74. The summed E-state index contributed by atoms with van der Waals surface area (Å²) in [5.41, 5.74) is 6.10. The zero-order chi connectivity index (χ0) is 20.1. The first-order chi connectivity index (χ1) is 13.4. The minimum atomic E-state index is -4.44. The summed E-state index contributed by atoms with van der Waals surface area (Å²) in [5, 5.41) is 2.56. The molecule has 0 aromatic heterocycles. The first kappa shape index (κ1) is 19.6. The Bertz CT molecular complexity index is 903. The van der Waals surface area contributed by atoms with Gasteiger partial charge in [-0.15, -0.1) is 0 Å². The highest BCUT2D eigenvalue weighted by molar-refractivity contribution is 6.39. The van der Waals surface area contributed by atoms with Gasteiger partial charge in [-0.1, -0.05) is 24.3 Å². The predicted molar refractivity (Wildman–Crippen MR) is 101 cm³/mol. The van der Waals surface area contributed by atoms with Crippen LogP contribution in [0.3, 0.4) is 0 Å². The van der Waals surface area contributed by atoms with Crippen LogP contribution in [0.4, 0.5) is 18.9 Å². The van der Waals surface area contributed by atoms with Crippen molar-refractivity contribution in [3.8, 4) is 0 Å². The van der Waals surface area contributed by atoms with Crippen LogP contribution in [0.15, 0.2) is 58.5 Å². The molecule has 1 saturated carbocycles. The number of benzene rings is 2. The van der Waals surface area contributed by atoms with Gasteiger partial charge < -0.3 is 11.1 Å². The summed E-state index contributed by atoms with van der Waals surface area (Å²) in [7, 11) is 0. The summed E-state index contributed by atoms with van der Waals surface area (Å²) in [5.74, 6) is -0.646. The second-order valence-corrected chi connectivity index (χ2v) is 6.47. The van der Waals surface area contributed by atoms with Crippen LogP contribution in [-0.4, -0.2) is 18.1 Å². The lowest BCUT2D eigenvalue weighted by atomic mass is 10.0. The lowest BCUT2D eigenvalue weighted by Crippen LogP contribution is -2.30. The van der Waals surface area contributed by atoms with E-state index in [4.69, 9.17) is 5.73 Å². The third-order valence-electron chi connectivity index (χ3n) is 4.24. The molecule has 1 aliphatic rings. The van der Waals surface area contributed by atoms with Crippen LogP contribution in [0.25, 0.3) is 0 Å². The van der Waals surface area contributed by atoms with Gasteiger partial charge in [0.05, 0.1) is 17.6 Å². The number of hydrogen-bond donors (Lipinski definition) is 2. The first-order valence-corrected chi connectivity index (χ1v) is 8.74. The molecule has 3 rings (SSSR count). The number of nitrogens with two attached hydrogens (primary N) is 1. The molecule has 0 aliphatic heterocycles. The Kier molecular flexibility index (Phi) is 5.77. The Balaban J connectivity index is 1.77. The van der Waals surface area contributed by atoms with Gasteiger partial charge in [0.2, 0.25) is 5.84 Å². The summed E-state index contributed by atoms with van der Waals surface area (Å²) in [4.78, 5) is 20.3. The molecule has 8 heteroatoms. The topological polar surface area (TPSA) is 79.8 Å². The van der Waals surface area contributed by atoms with Crippen molar-refractivity contribution in [3.63, 3.8) is 0 Å². The Hall–Kier alpha value is -3.16. The molecule has 2 aromatic rings. The number of amidine groups is 1. The number of para-hydroxylation sites is 1. The Morgan fingerprint density at radius 2 is 1.89 bits per heavy atom. The molecule has 28 heavy (non-hydrogen) atoms. The molecule has 0 unspecified atom stereocenters. The van der Waals surface area contributed by atoms with E-state index in [1.807, 2.05) is 0 Å². The number of rotatable bonds is 4. The number of alkyl halides is 3. The van der Waals surface area contributed by atoms with E-state index in [9.17, 15) is 18.0 Å². The molecule has 1 amide bonds. The van der Waals surface area contributed by atoms with Crippen molar-refractivity contribution in [2.45, 2.75) is 31.5 Å². The maximum atomic E-state index is 13.2. The van der Waals surface area contributed by atoms with Gasteiger partial charge in [-0.2, -0.15) is 13.2 Å². The molecule has 3 N–H and O–H groups in total. The molecule has 0 saturated heterocycles. The molecule has 146 valence electrons. The molecule has 2 aromatic carbocycles. The van der Waals surface area contributed by atoms with E-state index < -0.39 is 17.6 Å². The molecular formula is C20H19F3N4O. The van der Waals surface area contributed by atoms with Gasteiger partial charge in [-0.05, 0) is 54.2 Å². The number of nitrogens with one attached hydrogen (secondary N) is 1. The predicted octanol–water partition coefficient (Wildman–Crippen LogP) is 3.92. The van der Waals surface area contributed by atoms with Crippen molar-refractivity contribution in [2.75, 3.05) is 0 Å². The standard InChI is InChI=1S/C20H19F3N4O/c21-20(22,23)16-9-13(8-15(10-16)14-6-7-14)11-25-19(28)18(26-12-24)27-17-4-2-1-3-5-17/h1-5,8-10,12,14H,6-7,11H2,(H,25,28)(H2,24,26,27). The molecule has 1 fully saturated rings. The normalized spacial score (nSPS) is 15.0. The van der Waals surface area contributed by atoms with E-state index >= 15 is 0 Å². The van der Waals surface area contributed by atoms with E-state index in [0.717, 1.165) is 25.2 Å². The second-order valence-electron chi connectivity index (χ2n) is 6.47. The number of halogens is 3. The SMILES string of the molecule is NC=NC(=Nc1ccccc1)C(=O)NCc1cc(C2CC2)cc(C(F)(F)F)c1. The van der Waals surface area contributed by atoms with Crippen molar-refractivity contribution in [2.24, 2.45) is 15.7 Å². The van der Waals surface area contributed by atoms with E-state index in [1.54, 1.807) is 36.4 Å². The summed E-state index contributed by atoms with van der Waals surface area (Å²) >= 11 is 0. The minimum Gasteiger partial charge on any atom is -0.390 e. The Labute approximate surface area is 160 Å². The average Bonchev–Trinajstić information content (AvgIpc) is 3.51. The zero-order valence-corrected chi connectivity index (χ0v) is 14.9. The second kappa shape index (κ2) is 8.24. The lowest BCUT2D eigenvalue weighted by molar-refractivity contribution is -0.137. The average molecular weight is 388 g/mol.